The zero-order valence-electron chi connectivity index (χ0n) is 11.5. The standard InChI is InChI=1S/C15H18ClNO3/c1-2-3-4-5-6-13(18)10-7-14-12(8-11(10)16)17-15(19)9-20-14/h7-8H,2-6,9H2,1H3,(H,17,19). The molecule has 4 nitrogen and oxygen atoms in total. The fourth-order valence-electron chi connectivity index (χ4n) is 2.16. The Morgan fingerprint density at radius 3 is 2.90 bits per heavy atom. The molecule has 0 fully saturated rings. The molecule has 0 radical (unpaired) electrons. The topological polar surface area (TPSA) is 55.4 Å². The maximum Gasteiger partial charge on any atom is 0.262 e. The van der Waals surface area contributed by atoms with Crippen LogP contribution in [0.15, 0.2) is 12.1 Å². The van der Waals surface area contributed by atoms with Crippen molar-refractivity contribution in [2.45, 2.75) is 39.0 Å². The number of ketones is 1. The second kappa shape index (κ2) is 6.75. The zero-order chi connectivity index (χ0) is 14.5. The number of carbonyl (C=O) groups is 2. The molecular weight excluding hydrogens is 278 g/mol. The third kappa shape index (κ3) is 3.51. The van der Waals surface area contributed by atoms with Crippen LogP contribution in [-0.2, 0) is 4.79 Å². The summed E-state index contributed by atoms with van der Waals surface area (Å²) in [5.74, 6) is 0.313. The number of amides is 1. The van der Waals surface area contributed by atoms with Gasteiger partial charge in [-0.15, -0.1) is 0 Å². The second-order valence-corrected chi connectivity index (χ2v) is 5.31. The van der Waals surface area contributed by atoms with Crippen LogP contribution in [0.1, 0.15) is 49.4 Å². The number of hydrogen-bond donors (Lipinski definition) is 1. The molecule has 0 aliphatic carbocycles. The predicted octanol–water partition coefficient (Wildman–Crippen LogP) is 3.82. The fourth-order valence-corrected chi connectivity index (χ4v) is 2.43. The summed E-state index contributed by atoms with van der Waals surface area (Å²) in [6.45, 7) is 2.10. The molecule has 1 aromatic carbocycles. The van der Waals surface area contributed by atoms with Crippen molar-refractivity contribution in [1.29, 1.82) is 0 Å². The lowest BCUT2D eigenvalue weighted by atomic mass is 10.0. The number of unbranched alkanes of at least 4 members (excludes halogenated alkanes) is 3. The number of ether oxygens (including phenoxy) is 1. The van der Waals surface area contributed by atoms with Gasteiger partial charge in [0.1, 0.15) is 5.75 Å². The summed E-state index contributed by atoms with van der Waals surface area (Å²) in [7, 11) is 0. The largest absolute Gasteiger partial charge is 0.482 e. The second-order valence-electron chi connectivity index (χ2n) is 4.90. The van der Waals surface area contributed by atoms with Crippen molar-refractivity contribution in [3.63, 3.8) is 0 Å². The van der Waals surface area contributed by atoms with Gasteiger partial charge in [0.2, 0.25) is 0 Å². The van der Waals surface area contributed by atoms with Gasteiger partial charge in [-0.3, -0.25) is 9.59 Å². The zero-order valence-corrected chi connectivity index (χ0v) is 12.3. The Balaban J connectivity index is 2.08. The highest BCUT2D eigenvalue weighted by Gasteiger charge is 2.20. The molecule has 0 aromatic heterocycles. The van der Waals surface area contributed by atoms with E-state index in [1.54, 1.807) is 12.1 Å². The summed E-state index contributed by atoms with van der Waals surface area (Å²) in [6.07, 6.45) is 4.70. The molecule has 0 saturated carbocycles. The van der Waals surface area contributed by atoms with E-state index in [0.29, 0.717) is 28.4 Å². The molecule has 0 bridgehead atoms. The Bertz CT molecular complexity index is 528. The van der Waals surface area contributed by atoms with Crippen LogP contribution in [0.25, 0.3) is 0 Å². The number of Topliss-reactive ketones (excluding diaryl/α,β-unsaturated/α-hetero) is 1. The first kappa shape index (κ1) is 14.9. The van der Waals surface area contributed by atoms with E-state index in [-0.39, 0.29) is 18.3 Å². The van der Waals surface area contributed by atoms with Gasteiger partial charge in [0.15, 0.2) is 12.4 Å². The van der Waals surface area contributed by atoms with E-state index < -0.39 is 0 Å². The molecule has 1 aromatic rings. The van der Waals surface area contributed by atoms with Gasteiger partial charge in [0, 0.05) is 12.0 Å². The van der Waals surface area contributed by atoms with Crippen molar-refractivity contribution < 1.29 is 14.3 Å². The number of nitrogens with one attached hydrogen (secondary N) is 1. The normalized spacial score (nSPS) is 13.4. The van der Waals surface area contributed by atoms with E-state index >= 15 is 0 Å². The highest BCUT2D eigenvalue weighted by molar-refractivity contribution is 6.34. The summed E-state index contributed by atoms with van der Waals surface area (Å²) in [4.78, 5) is 23.4. The monoisotopic (exact) mass is 295 g/mol. The SMILES string of the molecule is CCCCCCC(=O)c1cc2c(cc1Cl)NC(=O)CO2. The number of carbonyl (C=O) groups excluding carboxylic acids is 2. The highest BCUT2D eigenvalue weighted by Crippen LogP contribution is 2.34. The predicted molar refractivity (Wildman–Crippen MR) is 78.7 cm³/mol. The number of halogens is 1. The van der Waals surface area contributed by atoms with E-state index in [1.165, 1.54) is 0 Å². The van der Waals surface area contributed by atoms with Gasteiger partial charge in [0.05, 0.1) is 10.7 Å². The maximum atomic E-state index is 12.2. The summed E-state index contributed by atoms with van der Waals surface area (Å²) in [5, 5.41) is 3.02. The molecule has 1 aliphatic heterocycles. The smallest absolute Gasteiger partial charge is 0.262 e. The van der Waals surface area contributed by atoms with E-state index in [0.717, 1.165) is 25.7 Å². The Morgan fingerprint density at radius 2 is 2.15 bits per heavy atom. The summed E-state index contributed by atoms with van der Waals surface area (Å²) in [6, 6.07) is 3.20. The lowest BCUT2D eigenvalue weighted by Gasteiger charge is -2.19. The van der Waals surface area contributed by atoms with E-state index in [9.17, 15) is 9.59 Å². The van der Waals surface area contributed by atoms with Crippen LogP contribution < -0.4 is 10.1 Å². The minimum Gasteiger partial charge on any atom is -0.482 e. The van der Waals surface area contributed by atoms with Crippen LogP contribution in [0.5, 0.6) is 5.75 Å². The van der Waals surface area contributed by atoms with Gasteiger partial charge in [0.25, 0.3) is 5.91 Å². The molecule has 2 rings (SSSR count). The fraction of sp³-hybridized carbons (Fsp3) is 0.467. The molecule has 0 unspecified atom stereocenters. The quantitative estimate of drug-likeness (QED) is 0.641. The van der Waals surface area contributed by atoms with Gasteiger partial charge in [-0.1, -0.05) is 37.8 Å². The van der Waals surface area contributed by atoms with Crippen molar-refractivity contribution >= 4 is 29.0 Å². The molecule has 1 amide bonds. The summed E-state index contributed by atoms with van der Waals surface area (Å²) >= 11 is 6.12. The molecule has 0 saturated heterocycles. The van der Waals surface area contributed by atoms with E-state index in [1.807, 2.05) is 0 Å². The number of hydrogen-bond acceptors (Lipinski definition) is 3. The van der Waals surface area contributed by atoms with Gasteiger partial charge < -0.3 is 10.1 Å². The van der Waals surface area contributed by atoms with Crippen LogP contribution in [0.2, 0.25) is 5.02 Å². The Morgan fingerprint density at radius 1 is 1.35 bits per heavy atom. The Hall–Kier alpha value is -1.55. The van der Waals surface area contributed by atoms with Crippen LogP contribution >= 0.6 is 11.6 Å². The van der Waals surface area contributed by atoms with Gasteiger partial charge in [-0.2, -0.15) is 0 Å². The molecule has 1 heterocycles. The van der Waals surface area contributed by atoms with Crippen LogP contribution in [0, 0.1) is 0 Å². The average molecular weight is 296 g/mol. The minimum atomic E-state index is -0.216. The van der Waals surface area contributed by atoms with Crippen molar-refractivity contribution in [3.05, 3.63) is 22.7 Å². The molecule has 1 aliphatic rings. The third-order valence-electron chi connectivity index (χ3n) is 3.26. The highest BCUT2D eigenvalue weighted by atomic mass is 35.5. The third-order valence-corrected chi connectivity index (χ3v) is 3.57. The number of rotatable bonds is 6. The van der Waals surface area contributed by atoms with Crippen molar-refractivity contribution in [3.8, 4) is 5.75 Å². The number of anilines is 1. The van der Waals surface area contributed by atoms with E-state index in [2.05, 4.69) is 12.2 Å². The van der Waals surface area contributed by atoms with Crippen LogP contribution in [0.4, 0.5) is 5.69 Å². The molecule has 0 atom stereocenters. The first-order valence-electron chi connectivity index (χ1n) is 6.91. The minimum absolute atomic E-state index is 0.0226. The Labute approximate surface area is 123 Å². The first-order chi connectivity index (χ1) is 9.61. The maximum absolute atomic E-state index is 12.2. The molecule has 5 heteroatoms. The van der Waals surface area contributed by atoms with Crippen LogP contribution in [-0.4, -0.2) is 18.3 Å². The van der Waals surface area contributed by atoms with Crippen molar-refractivity contribution in [2.75, 3.05) is 11.9 Å². The lowest BCUT2D eigenvalue weighted by molar-refractivity contribution is -0.118. The molecule has 108 valence electrons. The molecule has 1 N–H and O–H groups in total. The average Bonchev–Trinajstić information content (AvgIpc) is 2.42. The summed E-state index contributed by atoms with van der Waals surface area (Å²) in [5.41, 5.74) is 0.992. The van der Waals surface area contributed by atoms with Gasteiger partial charge >= 0.3 is 0 Å². The van der Waals surface area contributed by atoms with Crippen LogP contribution in [0.3, 0.4) is 0 Å². The lowest BCUT2D eigenvalue weighted by Crippen LogP contribution is -2.25. The van der Waals surface area contributed by atoms with Crippen molar-refractivity contribution in [2.24, 2.45) is 0 Å². The first-order valence-corrected chi connectivity index (χ1v) is 7.29. The molecule has 0 spiro atoms. The van der Waals surface area contributed by atoms with Crippen molar-refractivity contribution in [1.82, 2.24) is 0 Å². The number of benzene rings is 1. The van der Waals surface area contributed by atoms with E-state index in [4.69, 9.17) is 16.3 Å². The van der Waals surface area contributed by atoms with Gasteiger partial charge in [-0.25, -0.2) is 0 Å². The Kier molecular flexibility index (Phi) is 5.01. The summed E-state index contributed by atoms with van der Waals surface area (Å²) < 4.78 is 5.30. The number of fused-ring (bicyclic) bond motifs is 1. The van der Waals surface area contributed by atoms with Gasteiger partial charge in [-0.05, 0) is 18.6 Å². The molecule has 20 heavy (non-hydrogen) atoms. The molecular formula is C15H18ClNO3.